The standard InChI is InChI=1S/C15H17N3O3/c1-3-10-6-4-5-7-12(10)17-13(19)8-11-9(2)16-15(21)18-14(11)20/h4-7H,3,8H2,1-2H3,(H,17,19)(H2,16,18,20,21). The van der Waals surface area contributed by atoms with Crippen molar-refractivity contribution >= 4 is 11.6 Å². The summed E-state index contributed by atoms with van der Waals surface area (Å²) in [6.45, 7) is 3.60. The summed E-state index contributed by atoms with van der Waals surface area (Å²) in [6, 6.07) is 7.51. The Balaban J connectivity index is 2.20. The maximum absolute atomic E-state index is 12.1. The summed E-state index contributed by atoms with van der Waals surface area (Å²) in [5, 5.41) is 2.80. The minimum atomic E-state index is -0.571. The zero-order valence-corrected chi connectivity index (χ0v) is 11.9. The number of benzene rings is 1. The largest absolute Gasteiger partial charge is 0.326 e. The molecule has 0 bridgehead atoms. The number of hydrogen-bond acceptors (Lipinski definition) is 3. The van der Waals surface area contributed by atoms with Gasteiger partial charge in [0.05, 0.1) is 6.42 Å². The summed E-state index contributed by atoms with van der Waals surface area (Å²) in [4.78, 5) is 39.5. The predicted molar refractivity (Wildman–Crippen MR) is 80.6 cm³/mol. The van der Waals surface area contributed by atoms with Gasteiger partial charge in [-0.15, -0.1) is 0 Å². The van der Waals surface area contributed by atoms with E-state index < -0.39 is 11.2 Å². The maximum Gasteiger partial charge on any atom is 0.325 e. The van der Waals surface area contributed by atoms with E-state index in [9.17, 15) is 14.4 Å². The second-order valence-corrected chi connectivity index (χ2v) is 4.75. The number of aromatic amines is 2. The fourth-order valence-corrected chi connectivity index (χ4v) is 2.14. The molecule has 0 saturated carbocycles. The van der Waals surface area contributed by atoms with Crippen LogP contribution in [-0.4, -0.2) is 15.9 Å². The Labute approximate surface area is 121 Å². The first-order valence-electron chi connectivity index (χ1n) is 6.71. The molecule has 3 N–H and O–H groups in total. The molecule has 0 saturated heterocycles. The monoisotopic (exact) mass is 287 g/mol. The maximum atomic E-state index is 12.1. The molecule has 6 heteroatoms. The van der Waals surface area contributed by atoms with Crippen LogP contribution in [0.25, 0.3) is 0 Å². The van der Waals surface area contributed by atoms with E-state index in [2.05, 4.69) is 15.3 Å². The van der Waals surface area contributed by atoms with Gasteiger partial charge in [-0.25, -0.2) is 4.79 Å². The van der Waals surface area contributed by atoms with Gasteiger partial charge < -0.3 is 10.3 Å². The molecule has 1 heterocycles. The molecule has 0 spiro atoms. The summed E-state index contributed by atoms with van der Waals surface area (Å²) in [5.74, 6) is -0.295. The number of carbonyl (C=O) groups excluding carboxylic acids is 1. The van der Waals surface area contributed by atoms with Gasteiger partial charge in [0.1, 0.15) is 0 Å². The summed E-state index contributed by atoms with van der Waals surface area (Å²) >= 11 is 0. The van der Waals surface area contributed by atoms with Crippen LogP contribution in [0.2, 0.25) is 0 Å². The van der Waals surface area contributed by atoms with Gasteiger partial charge in [0.25, 0.3) is 5.56 Å². The van der Waals surface area contributed by atoms with Crippen molar-refractivity contribution in [1.29, 1.82) is 0 Å². The van der Waals surface area contributed by atoms with Crippen molar-refractivity contribution in [3.8, 4) is 0 Å². The van der Waals surface area contributed by atoms with Crippen molar-refractivity contribution < 1.29 is 4.79 Å². The summed E-state index contributed by atoms with van der Waals surface area (Å²) in [6.07, 6.45) is 0.713. The number of nitrogens with one attached hydrogen (secondary N) is 3. The molecular weight excluding hydrogens is 270 g/mol. The molecule has 0 aliphatic rings. The Kier molecular flexibility index (Phi) is 4.37. The number of aromatic nitrogens is 2. The SMILES string of the molecule is CCc1ccccc1NC(=O)Cc1c(C)[nH]c(=O)[nH]c1=O. The van der Waals surface area contributed by atoms with Gasteiger partial charge >= 0.3 is 5.69 Å². The summed E-state index contributed by atoms with van der Waals surface area (Å²) in [5.41, 5.74) is 1.33. The van der Waals surface area contributed by atoms with Crippen LogP contribution in [0.15, 0.2) is 33.9 Å². The fourth-order valence-electron chi connectivity index (χ4n) is 2.14. The number of amides is 1. The van der Waals surface area contributed by atoms with Crippen LogP contribution < -0.4 is 16.6 Å². The van der Waals surface area contributed by atoms with Gasteiger partial charge in [0.2, 0.25) is 5.91 Å². The zero-order valence-electron chi connectivity index (χ0n) is 11.9. The van der Waals surface area contributed by atoms with Gasteiger partial charge in [-0.3, -0.25) is 14.6 Å². The van der Waals surface area contributed by atoms with E-state index in [0.29, 0.717) is 5.69 Å². The third-order valence-electron chi connectivity index (χ3n) is 3.26. The highest BCUT2D eigenvalue weighted by Crippen LogP contribution is 2.15. The molecule has 0 aliphatic heterocycles. The van der Waals surface area contributed by atoms with Crippen LogP contribution in [0.1, 0.15) is 23.7 Å². The third-order valence-corrected chi connectivity index (χ3v) is 3.26. The highest BCUT2D eigenvalue weighted by Gasteiger charge is 2.12. The van der Waals surface area contributed by atoms with Crippen LogP contribution in [0, 0.1) is 6.92 Å². The molecule has 2 rings (SSSR count). The normalized spacial score (nSPS) is 10.4. The lowest BCUT2D eigenvalue weighted by atomic mass is 10.1. The molecule has 6 nitrogen and oxygen atoms in total. The number of carbonyl (C=O) groups is 1. The number of H-pyrrole nitrogens is 2. The molecule has 0 fully saturated rings. The quantitative estimate of drug-likeness (QED) is 0.786. The number of aryl methyl sites for hydroxylation is 2. The molecular formula is C15H17N3O3. The van der Waals surface area contributed by atoms with E-state index in [1.165, 1.54) is 0 Å². The van der Waals surface area contributed by atoms with Crippen molar-refractivity contribution in [3.63, 3.8) is 0 Å². The smallest absolute Gasteiger partial charge is 0.325 e. The van der Waals surface area contributed by atoms with Gasteiger partial charge in [0.15, 0.2) is 0 Å². The number of hydrogen-bond donors (Lipinski definition) is 3. The first-order valence-corrected chi connectivity index (χ1v) is 6.71. The van der Waals surface area contributed by atoms with Crippen LogP contribution in [-0.2, 0) is 17.6 Å². The number of rotatable bonds is 4. The van der Waals surface area contributed by atoms with Gasteiger partial charge in [-0.05, 0) is 25.0 Å². The van der Waals surface area contributed by atoms with E-state index >= 15 is 0 Å². The summed E-state index contributed by atoms with van der Waals surface area (Å²) < 4.78 is 0. The molecule has 0 unspecified atom stereocenters. The first-order chi connectivity index (χ1) is 10.0. The van der Waals surface area contributed by atoms with E-state index in [1.807, 2.05) is 31.2 Å². The zero-order chi connectivity index (χ0) is 15.4. The van der Waals surface area contributed by atoms with E-state index in [1.54, 1.807) is 6.92 Å². The molecule has 1 aromatic carbocycles. The van der Waals surface area contributed by atoms with Crippen molar-refractivity contribution in [1.82, 2.24) is 9.97 Å². The minimum Gasteiger partial charge on any atom is -0.326 e. The highest BCUT2D eigenvalue weighted by molar-refractivity contribution is 5.93. The molecule has 0 aliphatic carbocycles. The Morgan fingerprint density at radius 3 is 2.57 bits per heavy atom. The lowest BCUT2D eigenvalue weighted by Crippen LogP contribution is -2.29. The van der Waals surface area contributed by atoms with E-state index in [0.717, 1.165) is 17.7 Å². The summed E-state index contributed by atoms with van der Waals surface area (Å²) in [7, 11) is 0. The minimum absolute atomic E-state index is 0.0873. The van der Waals surface area contributed by atoms with Gasteiger partial charge in [-0.1, -0.05) is 25.1 Å². The Hall–Kier alpha value is -2.63. The number of anilines is 1. The van der Waals surface area contributed by atoms with Gasteiger partial charge in [-0.2, -0.15) is 0 Å². The number of para-hydroxylation sites is 1. The van der Waals surface area contributed by atoms with Crippen LogP contribution in [0.5, 0.6) is 0 Å². The third kappa shape index (κ3) is 3.47. The van der Waals surface area contributed by atoms with Gasteiger partial charge in [0, 0.05) is 16.9 Å². The Morgan fingerprint density at radius 1 is 1.19 bits per heavy atom. The second-order valence-electron chi connectivity index (χ2n) is 4.75. The van der Waals surface area contributed by atoms with Crippen LogP contribution in [0.4, 0.5) is 5.69 Å². The van der Waals surface area contributed by atoms with E-state index in [-0.39, 0.29) is 17.9 Å². The first kappa shape index (κ1) is 14.8. The molecule has 2 aromatic rings. The average molecular weight is 287 g/mol. The predicted octanol–water partition coefficient (Wildman–Crippen LogP) is 1.12. The molecule has 21 heavy (non-hydrogen) atoms. The molecule has 0 radical (unpaired) electrons. The van der Waals surface area contributed by atoms with Crippen molar-refractivity contribution in [3.05, 3.63) is 61.9 Å². The fraction of sp³-hybridized carbons (Fsp3) is 0.267. The van der Waals surface area contributed by atoms with Crippen molar-refractivity contribution in [2.24, 2.45) is 0 Å². The lowest BCUT2D eigenvalue weighted by Gasteiger charge is -2.10. The molecule has 1 amide bonds. The van der Waals surface area contributed by atoms with Crippen LogP contribution >= 0.6 is 0 Å². The molecule has 0 atom stereocenters. The molecule has 110 valence electrons. The second kappa shape index (κ2) is 6.21. The Bertz CT molecular complexity index is 774. The van der Waals surface area contributed by atoms with E-state index in [4.69, 9.17) is 0 Å². The lowest BCUT2D eigenvalue weighted by molar-refractivity contribution is -0.115. The molecule has 1 aromatic heterocycles. The van der Waals surface area contributed by atoms with Crippen molar-refractivity contribution in [2.75, 3.05) is 5.32 Å². The topological polar surface area (TPSA) is 94.8 Å². The average Bonchev–Trinajstić information content (AvgIpc) is 2.43. The van der Waals surface area contributed by atoms with Crippen LogP contribution in [0.3, 0.4) is 0 Å². The van der Waals surface area contributed by atoms with Crippen molar-refractivity contribution in [2.45, 2.75) is 26.7 Å². The Morgan fingerprint density at radius 2 is 1.90 bits per heavy atom. The highest BCUT2D eigenvalue weighted by atomic mass is 16.2.